The number of carboxylic acids is 1. The van der Waals surface area contributed by atoms with Crippen molar-refractivity contribution >= 4 is 51.5 Å². The van der Waals surface area contributed by atoms with E-state index in [4.69, 9.17) is 23.2 Å². The van der Waals surface area contributed by atoms with Gasteiger partial charge in [0, 0.05) is 15.5 Å². The molecule has 140 valence electrons. The second kappa shape index (κ2) is 6.93. The van der Waals surface area contributed by atoms with E-state index in [1.54, 1.807) is 18.2 Å². The number of carbonyl (C=O) groups is 2. The highest BCUT2D eigenvalue weighted by Crippen LogP contribution is 2.48. The van der Waals surface area contributed by atoms with Gasteiger partial charge in [0.15, 0.2) is 5.13 Å². The number of benzene rings is 1. The standard InChI is InChI=1S/C19H16Cl2N2O3S/c1-8-16(12-5-4-11(20)7-13(12)21)22-19(27-8)23-17(24)14-9-2-3-10(6-9)15(14)18(25)26/h2-5,7,9-10,14-15H,6H2,1H3,(H,25,26)(H,22,23,24)/t9-,10+,14+,15+/m1/s1. The Bertz CT molecular complexity index is 972. The predicted molar refractivity (Wildman–Crippen MR) is 106 cm³/mol. The average Bonchev–Trinajstić information content (AvgIpc) is 3.29. The van der Waals surface area contributed by atoms with Crippen molar-refractivity contribution in [3.8, 4) is 11.3 Å². The second-order valence-electron chi connectivity index (χ2n) is 6.88. The molecule has 27 heavy (non-hydrogen) atoms. The number of hydrogen-bond donors (Lipinski definition) is 2. The van der Waals surface area contributed by atoms with E-state index in [1.165, 1.54) is 11.3 Å². The molecule has 0 aliphatic heterocycles. The van der Waals surface area contributed by atoms with Gasteiger partial charge in [0.1, 0.15) is 0 Å². The highest BCUT2D eigenvalue weighted by Gasteiger charge is 2.51. The first kappa shape index (κ1) is 18.5. The van der Waals surface area contributed by atoms with E-state index < -0.39 is 17.8 Å². The SMILES string of the molecule is Cc1sc(NC(=O)[C@@H]2[C@@H](C(=O)O)[C@H]3C=C[C@@H]2C3)nc1-c1ccc(Cl)cc1Cl. The maximum atomic E-state index is 12.8. The number of fused-ring (bicyclic) bond motifs is 2. The van der Waals surface area contributed by atoms with Crippen LogP contribution < -0.4 is 5.32 Å². The predicted octanol–water partition coefficient (Wildman–Crippen LogP) is 4.89. The minimum absolute atomic E-state index is 0.0256. The van der Waals surface area contributed by atoms with Gasteiger partial charge in [-0.2, -0.15) is 0 Å². The van der Waals surface area contributed by atoms with Gasteiger partial charge in [0.2, 0.25) is 5.91 Å². The number of halogens is 2. The van der Waals surface area contributed by atoms with Crippen LogP contribution >= 0.6 is 34.5 Å². The Hall–Kier alpha value is -1.89. The molecule has 0 radical (unpaired) electrons. The van der Waals surface area contributed by atoms with Crippen LogP contribution in [0.1, 0.15) is 11.3 Å². The number of nitrogens with one attached hydrogen (secondary N) is 1. The maximum Gasteiger partial charge on any atom is 0.307 e. The fraction of sp³-hybridized carbons (Fsp3) is 0.316. The lowest BCUT2D eigenvalue weighted by Gasteiger charge is -2.23. The zero-order chi connectivity index (χ0) is 19.3. The van der Waals surface area contributed by atoms with Crippen LogP contribution in [0, 0.1) is 30.6 Å². The number of nitrogens with zero attached hydrogens (tertiary/aromatic N) is 1. The molecule has 1 saturated carbocycles. The monoisotopic (exact) mass is 422 g/mol. The lowest BCUT2D eigenvalue weighted by molar-refractivity contribution is -0.146. The number of aromatic nitrogens is 1. The van der Waals surface area contributed by atoms with E-state index in [1.807, 2.05) is 19.1 Å². The molecule has 0 saturated heterocycles. The van der Waals surface area contributed by atoms with Gasteiger partial charge in [-0.25, -0.2) is 4.98 Å². The second-order valence-corrected chi connectivity index (χ2v) is 8.92. The molecule has 2 aromatic rings. The van der Waals surface area contributed by atoms with Crippen LogP contribution in [0.3, 0.4) is 0 Å². The van der Waals surface area contributed by atoms with E-state index in [-0.39, 0.29) is 17.7 Å². The minimum Gasteiger partial charge on any atom is -0.481 e. The van der Waals surface area contributed by atoms with Crippen LogP contribution in [0.4, 0.5) is 5.13 Å². The first-order chi connectivity index (χ1) is 12.8. The fourth-order valence-corrected chi connectivity index (χ4v) is 5.42. The van der Waals surface area contributed by atoms with Gasteiger partial charge in [0.25, 0.3) is 0 Å². The zero-order valence-corrected chi connectivity index (χ0v) is 16.6. The van der Waals surface area contributed by atoms with Crippen LogP contribution in [-0.2, 0) is 9.59 Å². The first-order valence-corrected chi connectivity index (χ1v) is 10.1. The van der Waals surface area contributed by atoms with Crippen LogP contribution in [0.2, 0.25) is 10.0 Å². The van der Waals surface area contributed by atoms with Crippen molar-refractivity contribution in [3.63, 3.8) is 0 Å². The van der Waals surface area contributed by atoms with E-state index >= 15 is 0 Å². The molecule has 8 heteroatoms. The Balaban J connectivity index is 1.58. The van der Waals surface area contributed by atoms with Gasteiger partial charge in [-0.15, -0.1) is 11.3 Å². The molecular formula is C19H16Cl2N2O3S. The fourth-order valence-electron chi connectivity index (χ4n) is 4.09. The summed E-state index contributed by atoms with van der Waals surface area (Å²) in [5, 5.41) is 13.8. The van der Waals surface area contributed by atoms with Gasteiger partial charge >= 0.3 is 5.97 Å². The minimum atomic E-state index is -0.920. The average molecular weight is 423 g/mol. The molecule has 1 amide bonds. The number of carbonyl (C=O) groups excluding carboxylic acids is 1. The molecule has 2 aliphatic rings. The van der Waals surface area contributed by atoms with Crippen LogP contribution in [0.15, 0.2) is 30.4 Å². The molecule has 2 bridgehead atoms. The largest absolute Gasteiger partial charge is 0.481 e. The Morgan fingerprint density at radius 1 is 1.22 bits per heavy atom. The van der Waals surface area contributed by atoms with Crippen molar-refractivity contribution in [1.29, 1.82) is 0 Å². The molecule has 2 aliphatic carbocycles. The molecule has 4 rings (SSSR count). The van der Waals surface area contributed by atoms with E-state index in [0.29, 0.717) is 20.9 Å². The quantitative estimate of drug-likeness (QED) is 0.687. The van der Waals surface area contributed by atoms with E-state index in [0.717, 1.165) is 16.9 Å². The van der Waals surface area contributed by atoms with Gasteiger partial charge in [-0.1, -0.05) is 35.4 Å². The van der Waals surface area contributed by atoms with Crippen LogP contribution in [0.25, 0.3) is 11.3 Å². The third kappa shape index (κ3) is 3.26. The van der Waals surface area contributed by atoms with Crippen molar-refractivity contribution in [2.75, 3.05) is 5.32 Å². The number of allylic oxidation sites excluding steroid dienone is 2. The summed E-state index contributed by atoms with van der Waals surface area (Å²) in [5.74, 6) is -2.54. The Kier molecular flexibility index (Phi) is 4.74. The summed E-state index contributed by atoms with van der Waals surface area (Å²) in [7, 11) is 0. The number of hydrogen-bond acceptors (Lipinski definition) is 4. The van der Waals surface area contributed by atoms with Crippen molar-refractivity contribution in [2.45, 2.75) is 13.3 Å². The molecule has 1 aromatic carbocycles. The summed E-state index contributed by atoms with van der Waals surface area (Å²) >= 11 is 13.6. The molecule has 1 fully saturated rings. The third-order valence-corrected chi connectivity index (χ3v) is 6.69. The summed E-state index contributed by atoms with van der Waals surface area (Å²) in [6, 6.07) is 5.17. The molecule has 5 nitrogen and oxygen atoms in total. The third-order valence-electron chi connectivity index (χ3n) is 5.26. The van der Waals surface area contributed by atoms with Crippen molar-refractivity contribution < 1.29 is 14.7 Å². The maximum absolute atomic E-state index is 12.8. The zero-order valence-electron chi connectivity index (χ0n) is 14.3. The smallest absolute Gasteiger partial charge is 0.307 e. The van der Waals surface area contributed by atoms with Crippen LogP contribution in [-0.4, -0.2) is 22.0 Å². The molecular weight excluding hydrogens is 407 g/mol. The number of amides is 1. The van der Waals surface area contributed by atoms with Gasteiger partial charge in [0.05, 0.1) is 22.6 Å². The van der Waals surface area contributed by atoms with Gasteiger partial charge < -0.3 is 10.4 Å². The molecule has 4 atom stereocenters. The van der Waals surface area contributed by atoms with E-state index in [2.05, 4.69) is 10.3 Å². The number of carboxylic acid groups (broad SMARTS) is 1. The van der Waals surface area contributed by atoms with Crippen molar-refractivity contribution in [3.05, 3.63) is 45.3 Å². The topological polar surface area (TPSA) is 79.3 Å². The first-order valence-electron chi connectivity index (χ1n) is 8.50. The molecule has 1 aromatic heterocycles. The highest BCUT2D eigenvalue weighted by molar-refractivity contribution is 7.16. The highest BCUT2D eigenvalue weighted by atomic mass is 35.5. The number of aryl methyl sites for hydroxylation is 1. The van der Waals surface area contributed by atoms with Crippen LogP contribution in [0.5, 0.6) is 0 Å². The van der Waals surface area contributed by atoms with Gasteiger partial charge in [-0.3, -0.25) is 9.59 Å². The number of thiazole rings is 1. The Labute approximate surface area is 170 Å². The summed E-state index contributed by atoms with van der Waals surface area (Å²) in [4.78, 5) is 29.8. The molecule has 0 spiro atoms. The molecule has 0 unspecified atom stereocenters. The Morgan fingerprint density at radius 2 is 1.93 bits per heavy atom. The summed E-state index contributed by atoms with van der Waals surface area (Å²) in [6.45, 7) is 1.90. The number of anilines is 1. The van der Waals surface area contributed by atoms with E-state index in [9.17, 15) is 14.7 Å². The normalized spacial score (nSPS) is 25.7. The molecule has 2 N–H and O–H groups in total. The summed E-state index contributed by atoms with van der Waals surface area (Å²) in [5.41, 5.74) is 1.42. The number of aliphatic carboxylic acids is 1. The number of rotatable bonds is 4. The lowest BCUT2D eigenvalue weighted by atomic mass is 9.82. The summed E-state index contributed by atoms with van der Waals surface area (Å²) < 4.78 is 0. The lowest BCUT2D eigenvalue weighted by Crippen LogP contribution is -2.36. The summed E-state index contributed by atoms with van der Waals surface area (Å²) in [6.07, 6.45) is 4.60. The van der Waals surface area contributed by atoms with Crippen molar-refractivity contribution in [2.24, 2.45) is 23.7 Å². The van der Waals surface area contributed by atoms with Gasteiger partial charge in [-0.05, 0) is 43.4 Å². The molecule has 1 heterocycles. The Morgan fingerprint density at radius 3 is 2.59 bits per heavy atom. The van der Waals surface area contributed by atoms with Crippen molar-refractivity contribution in [1.82, 2.24) is 4.98 Å².